The van der Waals surface area contributed by atoms with E-state index in [1.54, 1.807) is 22.7 Å². The number of aromatic nitrogens is 3. The molecule has 1 saturated heterocycles. The molecular formula is C18H15F5N4O2. The van der Waals surface area contributed by atoms with E-state index in [-0.39, 0.29) is 17.3 Å². The van der Waals surface area contributed by atoms with Crippen LogP contribution in [0.3, 0.4) is 0 Å². The summed E-state index contributed by atoms with van der Waals surface area (Å²) in [6.07, 6.45) is -2.23. The van der Waals surface area contributed by atoms with Crippen LogP contribution in [0.4, 0.5) is 27.9 Å². The molecule has 1 atom stereocenters. The number of halogens is 5. The Morgan fingerprint density at radius 1 is 1.21 bits per heavy atom. The molecule has 0 saturated carbocycles. The van der Waals surface area contributed by atoms with Crippen molar-refractivity contribution in [1.82, 2.24) is 14.6 Å². The molecule has 11 heteroatoms. The maximum Gasteiger partial charge on any atom is 0.416 e. The quantitative estimate of drug-likeness (QED) is 0.634. The minimum absolute atomic E-state index is 0.0229. The monoisotopic (exact) mass is 414 g/mol. The second kappa shape index (κ2) is 7.47. The van der Waals surface area contributed by atoms with Gasteiger partial charge in [0.05, 0.1) is 23.7 Å². The van der Waals surface area contributed by atoms with Gasteiger partial charge in [0.25, 0.3) is 0 Å². The fourth-order valence-corrected chi connectivity index (χ4v) is 3.16. The number of ether oxygens (including phenoxy) is 2. The van der Waals surface area contributed by atoms with E-state index < -0.39 is 24.1 Å². The van der Waals surface area contributed by atoms with E-state index in [4.69, 9.17) is 4.74 Å². The molecule has 0 bridgehead atoms. The standard InChI is InChI=1S/C18H15F5N4O2/c19-16(20)29-14-8-10(18(21,22)23)3-4-12(14)15-13-2-1-6-27(13)17(26-25-15)24-11-5-7-28-9-11/h1-4,6,8,11,16H,5,7,9H2,(H,24,26)/t11-/m1/s1. The normalized spacial score (nSPS) is 17.2. The smallest absolute Gasteiger partial charge is 0.416 e. The first-order valence-electron chi connectivity index (χ1n) is 8.67. The predicted molar refractivity (Wildman–Crippen MR) is 92.9 cm³/mol. The number of nitrogens with zero attached hydrogens (tertiary/aromatic N) is 3. The number of nitrogens with one attached hydrogen (secondary N) is 1. The topological polar surface area (TPSA) is 60.7 Å². The number of fused-ring (bicyclic) bond motifs is 1. The summed E-state index contributed by atoms with van der Waals surface area (Å²) in [5, 5.41) is 11.4. The highest BCUT2D eigenvalue weighted by Gasteiger charge is 2.32. The van der Waals surface area contributed by atoms with Crippen molar-refractivity contribution in [3.8, 4) is 17.0 Å². The van der Waals surface area contributed by atoms with Crippen molar-refractivity contribution >= 4 is 11.5 Å². The van der Waals surface area contributed by atoms with E-state index in [1.807, 2.05) is 0 Å². The van der Waals surface area contributed by atoms with Crippen LogP contribution in [-0.2, 0) is 10.9 Å². The van der Waals surface area contributed by atoms with E-state index in [9.17, 15) is 22.0 Å². The van der Waals surface area contributed by atoms with Gasteiger partial charge in [-0.1, -0.05) is 0 Å². The molecule has 3 aromatic rings. The average molecular weight is 414 g/mol. The second-order valence-corrected chi connectivity index (χ2v) is 6.43. The summed E-state index contributed by atoms with van der Waals surface area (Å²) in [6, 6.07) is 5.77. The second-order valence-electron chi connectivity index (χ2n) is 6.43. The summed E-state index contributed by atoms with van der Waals surface area (Å²) < 4.78 is 75.9. The van der Waals surface area contributed by atoms with Crippen LogP contribution < -0.4 is 10.1 Å². The highest BCUT2D eigenvalue weighted by atomic mass is 19.4. The Balaban J connectivity index is 1.79. The lowest BCUT2D eigenvalue weighted by Gasteiger charge is -2.16. The molecule has 4 rings (SSSR count). The summed E-state index contributed by atoms with van der Waals surface area (Å²) in [5.41, 5.74) is -0.533. The molecule has 2 aromatic heterocycles. The Bertz CT molecular complexity index is 1020. The summed E-state index contributed by atoms with van der Waals surface area (Å²) in [5.74, 6) is -0.218. The van der Waals surface area contributed by atoms with E-state index in [1.165, 1.54) is 0 Å². The molecule has 0 unspecified atom stereocenters. The van der Waals surface area contributed by atoms with Crippen molar-refractivity contribution in [3.63, 3.8) is 0 Å². The first-order chi connectivity index (χ1) is 13.8. The Morgan fingerprint density at radius 2 is 2.03 bits per heavy atom. The number of hydrogen-bond donors (Lipinski definition) is 1. The molecule has 6 nitrogen and oxygen atoms in total. The van der Waals surface area contributed by atoms with Gasteiger partial charge < -0.3 is 14.8 Å². The van der Waals surface area contributed by atoms with Gasteiger partial charge in [-0.15, -0.1) is 10.2 Å². The molecular weight excluding hydrogens is 399 g/mol. The van der Waals surface area contributed by atoms with E-state index >= 15 is 0 Å². The molecule has 1 aromatic carbocycles. The van der Waals surface area contributed by atoms with Crippen molar-refractivity contribution < 1.29 is 31.4 Å². The predicted octanol–water partition coefficient (Wildman–Crippen LogP) is 4.22. The van der Waals surface area contributed by atoms with Gasteiger partial charge in [0.1, 0.15) is 11.4 Å². The fraction of sp³-hybridized carbons (Fsp3) is 0.333. The maximum absolute atomic E-state index is 13.0. The summed E-state index contributed by atoms with van der Waals surface area (Å²) in [4.78, 5) is 0. The summed E-state index contributed by atoms with van der Waals surface area (Å²) in [7, 11) is 0. The molecule has 0 spiro atoms. The molecule has 3 heterocycles. The first-order valence-corrected chi connectivity index (χ1v) is 8.67. The van der Waals surface area contributed by atoms with Crippen LogP contribution in [0.15, 0.2) is 36.5 Å². The average Bonchev–Trinajstić information content (AvgIpc) is 3.33. The lowest BCUT2D eigenvalue weighted by Crippen LogP contribution is -2.22. The molecule has 1 aliphatic heterocycles. The zero-order valence-electron chi connectivity index (χ0n) is 14.8. The van der Waals surface area contributed by atoms with Gasteiger partial charge in [-0.25, -0.2) is 0 Å². The zero-order valence-corrected chi connectivity index (χ0v) is 14.8. The van der Waals surface area contributed by atoms with E-state index in [2.05, 4.69) is 20.3 Å². The molecule has 29 heavy (non-hydrogen) atoms. The van der Waals surface area contributed by atoms with Crippen LogP contribution in [0.25, 0.3) is 16.8 Å². The minimum Gasteiger partial charge on any atom is -0.434 e. The van der Waals surface area contributed by atoms with Crippen LogP contribution in [-0.4, -0.2) is 40.5 Å². The van der Waals surface area contributed by atoms with Gasteiger partial charge in [-0.3, -0.25) is 4.40 Å². The Kier molecular flexibility index (Phi) is 4.99. The van der Waals surface area contributed by atoms with Crippen LogP contribution in [0.1, 0.15) is 12.0 Å². The Morgan fingerprint density at radius 3 is 2.72 bits per heavy atom. The van der Waals surface area contributed by atoms with Gasteiger partial charge in [0.2, 0.25) is 5.95 Å². The van der Waals surface area contributed by atoms with E-state index in [0.29, 0.717) is 30.7 Å². The minimum atomic E-state index is -4.70. The number of benzene rings is 1. The van der Waals surface area contributed by atoms with Crippen LogP contribution in [0.2, 0.25) is 0 Å². The third kappa shape index (κ3) is 3.95. The Labute approximate surface area is 161 Å². The van der Waals surface area contributed by atoms with Crippen molar-refractivity contribution in [2.75, 3.05) is 18.5 Å². The van der Waals surface area contributed by atoms with Gasteiger partial charge in [-0.05, 0) is 36.8 Å². The van der Waals surface area contributed by atoms with Crippen molar-refractivity contribution in [1.29, 1.82) is 0 Å². The lowest BCUT2D eigenvalue weighted by molar-refractivity contribution is -0.138. The highest BCUT2D eigenvalue weighted by Crippen LogP contribution is 2.38. The number of anilines is 1. The zero-order chi connectivity index (χ0) is 20.6. The largest absolute Gasteiger partial charge is 0.434 e. The summed E-state index contributed by atoms with van der Waals surface area (Å²) in [6.45, 7) is -2.16. The van der Waals surface area contributed by atoms with Crippen molar-refractivity contribution in [2.24, 2.45) is 0 Å². The van der Waals surface area contributed by atoms with Gasteiger partial charge >= 0.3 is 12.8 Å². The third-order valence-electron chi connectivity index (χ3n) is 4.51. The summed E-state index contributed by atoms with van der Waals surface area (Å²) >= 11 is 0. The van der Waals surface area contributed by atoms with Crippen molar-refractivity contribution in [2.45, 2.75) is 25.3 Å². The molecule has 1 N–H and O–H groups in total. The molecule has 0 amide bonds. The Hall–Kier alpha value is -2.95. The molecule has 154 valence electrons. The van der Waals surface area contributed by atoms with Crippen molar-refractivity contribution in [3.05, 3.63) is 42.1 Å². The van der Waals surface area contributed by atoms with Crippen LogP contribution in [0, 0.1) is 0 Å². The number of hydrogen-bond acceptors (Lipinski definition) is 5. The lowest BCUT2D eigenvalue weighted by atomic mass is 10.1. The first kappa shape index (κ1) is 19.4. The SMILES string of the molecule is FC(F)Oc1cc(C(F)(F)F)ccc1-c1nnc(N[C@@H]2CCOC2)n2cccc12. The number of rotatable bonds is 5. The van der Waals surface area contributed by atoms with E-state index in [0.717, 1.165) is 18.6 Å². The highest BCUT2D eigenvalue weighted by molar-refractivity contribution is 5.81. The molecule has 0 radical (unpaired) electrons. The fourth-order valence-electron chi connectivity index (χ4n) is 3.16. The number of alkyl halides is 5. The van der Waals surface area contributed by atoms with Gasteiger partial charge in [-0.2, -0.15) is 22.0 Å². The van der Waals surface area contributed by atoms with Gasteiger partial charge in [0, 0.05) is 18.4 Å². The van der Waals surface area contributed by atoms with Crippen LogP contribution in [0.5, 0.6) is 5.75 Å². The maximum atomic E-state index is 13.0. The van der Waals surface area contributed by atoms with Gasteiger partial charge in [0.15, 0.2) is 0 Å². The molecule has 0 aliphatic carbocycles. The molecule has 1 fully saturated rings. The molecule has 1 aliphatic rings. The third-order valence-corrected chi connectivity index (χ3v) is 4.51. The van der Waals surface area contributed by atoms with Crippen LogP contribution >= 0.6 is 0 Å².